The van der Waals surface area contributed by atoms with Crippen molar-refractivity contribution in [2.45, 2.75) is 52.5 Å². The van der Waals surface area contributed by atoms with E-state index in [0.717, 1.165) is 47.7 Å². The first-order chi connectivity index (χ1) is 17.0. The molecule has 1 fully saturated rings. The molecule has 4 aromatic rings. The van der Waals surface area contributed by atoms with Crippen LogP contribution in [0.5, 0.6) is 5.75 Å². The molecule has 0 bridgehead atoms. The summed E-state index contributed by atoms with van der Waals surface area (Å²) >= 11 is 0. The van der Waals surface area contributed by atoms with Crippen LogP contribution in [0.15, 0.2) is 66.7 Å². The molecule has 0 spiro atoms. The number of aromatic nitrogens is 2. The molecule has 1 aliphatic heterocycles. The summed E-state index contributed by atoms with van der Waals surface area (Å²) in [5.41, 5.74) is 6.75. The molecule has 1 amide bonds. The first-order valence-electron chi connectivity index (χ1n) is 12.6. The number of nitrogens with zero attached hydrogens (tertiary/aromatic N) is 3. The van der Waals surface area contributed by atoms with Crippen LogP contribution in [0.2, 0.25) is 0 Å². The average molecular weight is 468 g/mol. The van der Waals surface area contributed by atoms with Gasteiger partial charge in [0, 0.05) is 31.1 Å². The summed E-state index contributed by atoms with van der Waals surface area (Å²) in [5.74, 6) is 2.14. The van der Waals surface area contributed by atoms with Gasteiger partial charge in [0.25, 0.3) is 0 Å². The van der Waals surface area contributed by atoms with E-state index in [0.29, 0.717) is 19.6 Å². The molecule has 1 aromatic heterocycles. The average Bonchev–Trinajstić information content (AvgIpc) is 3.42. The summed E-state index contributed by atoms with van der Waals surface area (Å²) in [7, 11) is 0. The van der Waals surface area contributed by atoms with Gasteiger partial charge in [0.2, 0.25) is 5.91 Å². The Balaban J connectivity index is 1.33. The Kier molecular flexibility index (Phi) is 6.58. The number of hydrogen-bond acceptors (Lipinski definition) is 3. The third-order valence-electron chi connectivity index (χ3n) is 6.82. The van der Waals surface area contributed by atoms with Gasteiger partial charge in [-0.15, -0.1) is 0 Å². The molecule has 35 heavy (non-hydrogen) atoms. The lowest BCUT2D eigenvalue weighted by Gasteiger charge is -2.19. The molecule has 5 nitrogen and oxygen atoms in total. The van der Waals surface area contributed by atoms with E-state index in [1.807, 2.05) is 23.1 Å². The zero-order chi connectivity index (χ0) is 24.4. The number of benzene rings is 3. The van der Waals surface area contributed by atoms with Gasteiger partial charge in [0.15, 0.2) is 0 Å². The zero-order valence-corrected chi connectivity index (χ0v) is 20.8. The van der Waals surface area contributed by atoms with Gasteiger partial charge in [-0.3, -0.25) is 4.79 Å². The standard InChI is InChI=1S/C30H33N3O2/c1-4-23-10-12-26(13-11-23)35-15-7-14-32-28-9-6-5-8-27(28)31-30(32)24-19-29(34)33(20-24)25-17-21(2)16-22(3)18-25/h5-6,8-13,16-18,24H,4,7,14-15,19-20H2,1-3H3. The number of fused-ring (bicyclic) bond motifs is 1. The van der Waals surface area contributed by atoms with Crippen molar-refractivity contribution in [1.82, 2.24) is 9.55 Å². The molecule has 0 saturated carbocycles. The lowest BCUT2D eigenvalue weighted by molar-refractivity contribution is -0.117. The molecule has 0 N–H and O–H groups in total. The van der Waals surface area contributed by atoms with Crippen LogP contribution in [0.1, 0.15) is 48.2 Å². The number of hydrogen-bond donors (Lipinski definition) is 0. The Morgan fingerprint density at radius 1 is 1.00 bits per heavy atom. The van der Waals surface area contributed by atoms with E-state index in [-0.39, 0.29) is 11.8 Å². The second kappa shape index (κ2) is 9.95. The minimum absolute atomic E-state index is 0.0678. The highest BCUT2D eigenvalue weighted by atomic mass is 16.5. The van der Waals surface area contributed by atoms with Crippen molar-refractivity contribution in [2.24, 2.45) is 0 Å². The highest BCUT2D eigenvalue weighted by Crippen LogP contribution is 2.34. The zero-order valence-electron chi connectivity index (χ0n) is 20.8. The number of para-hydroxylation sites is 2. The van der Waals surface area contributed by atoms with Crippen LogP contribution in [0.3, 0.4) is 0 Å². The van der Waals surface area contributed by atoms with Crippen molar-refractivity contribution in [2.75, 3.05) is 18.1 Å². The molecule has 0 radical (unpaired) electrons. The third kappa shape index (κ3) is 4.95. The summed E-state index contributed by atoms with van der Waals surface area (Å²) in [6, 6.07) is 22.9. The molecule has 5 heteroatoms. The molecule has 1 atom stereocenters. The largest absolute Gasteiger partial charge is 0.494 e. The smallest absolute Gasteiger partial charge is 0.227 e. The molecule has 180 valence electrons. The van der Waals surface area contributed by atoms with Crippen LogP contribution >= 0.6 is 0 Å². The van der Waals surface area contributed by atoms with E-state index < -0.39 is 0 Å². The first kappa shape index (κ1) is 23.2. The van der Waals surface area contributed by atoms with Crippen LogP contribution < -0.4 is 9.64 Å². The molecular formula is C30H33N3O2. The summed E-state index contributed by atoms with van der Waals surface area (Å²) in [6.07, 6.45) is 2.38. The van der Waals surface area contributed by atoms with Gasteiger partial charge in [-0.05, 0) is 79.8 Å². The minimum Gasteiger partial charge on any atom is -0.494 e. The predicted molar refractivity (Wildman–Crippen MR) is 141 cm³/mol. The maximum absolute atomic E-state index is 13.0. The number of ether oxygens (including phenoxy) is 1. The fourth-order valence-corrected chi connectivity index (χ4v) is 5.11. The van der Waals surface area contributed by atoms with Gasteiger partial charge < -0.3 is 14.2 Å². The SMILES string of the molecule is CCc1ccc(OCCCn2c(C3CC(=O)N(c4cc(C)cc(C)c4)C3)nc3ccccc32)cc1. The van der Waals surface area contributed by atoms with Gasteiger partial charge in [0.05, 0.1) is 17.6 Å². The normalized spacial score (nSPS) is 15.8. The van der Waals surface area contributed by atoms with Gasteiger partial charge in [0.1, 0.15) is 11.6 Å². The summed E-state index contributed by atoms with van der Waals surface area (Å²) in [4.78, 5) is 20.0. The maximum atomic E-state index is 13.0. The van der Waals surface area contributed by atoms with Crippen molar-refractivity contribution in [3.05, 3.63) is 89.2 Å². The topological polar surface area (TPSA) is 47.4 Å². The molecule has 5 rings (SSSR count). The van der Waals surface area contributed by atoms with Crippen LogP contribution in [0, 0.1) is 13.8 Å². The monoisotopic (exact) mass is 467 g/mol. The molecule has 3 aromatic carbocycles. The fraction of sp³-hybridized carbons (Fsp3) is 0.333. The Labute approximate surface area is 207 Å². The molecule has 2 heterocycles. The third-order valence-corrected chi connectivity index (χ3v) is 6.82. The lowest BCUT2D eigenvalue weighted by Crippen LogP contribution is -2.24. The van der Waals surface area contributed by atoms with Gasteiger partial charge >= 0.3 is 0 Å². The van der Waals surface area contributed by atoms with Gasteiger partial charge in [-0.1, -0.05) is 37.3 Å². The molecular weight excluding hydrogens is 434 g/mol. The summed E-state index contributed by atoms with van der Waals surface area (Å²) in [5, 5.41) is 0. The van der Waals surface area contributed by atoms with Crippen molar-refractivity contribution >= 4 is 22.6 Å². The second-order valence-electron chi connectivity index (χ2n) is 9.56. The molecule has 1 saturated heterocycles. The fourth-order valence-electron chi connectivity index (χ4n) is 5.11. The highest BCUT2D eigenvalue weighted by Gasteiger charge is 2.35. The Hall–Kier alpha value is -3.60. The number of anilines is 1. The van der Waals surface area contributed by atoms with E-state index in [2.05, 4.69) is 73.9 Å². The number of aryl methyl sites for hydroxylation is 4. The summed E-state index contributed by atoms with van der Waals surface area (Å²) in [6.45, 7) is 8.41. The predicted octanol–water partition coefficient (Wildman–Crippen LogP) is 6.21. The first-order valence-corrected chi connectivity index (χ1v) is 12.6. The number of imidazole rings is 1. The van der Waals surface area contributed by atoms with Crippen LogP contribution in [-0.2, 0) is 17.8 Å². The van der Waals surface area contributed by atoms with E-state index in [1.54, 1.807) is 0 Å². The molecule has 1 aliphatic rings. The van der Waals surface area contributed by atoms with E-state index in [9.17, 15) is 4.79 Å². The van der Waals surface area contributed by atoms with Crippen LogP contribution in [-0.4, -0.2) is 28.6 Å². The maximum Gasteiger partial charge on any atom is 0.227 e. The summed E-state index contributed by atoms with van der Waals surface area (Å²) < 4.78 is 8.29. The van der Waals surface area contributed by atoms with Crippen LogP contribution in [0.25, 0.3) is 11.0 Å². The molecule has 0 aliphatic carbocycles. The Morgan fingerprint density at radius 2 is 1.74 bits per heavy atom. The van der Waals surface area contributed by atoms with Crippen molar-refractivity contribution in [3.63, 3.8) is 0 Å². The van der Waals surface area contributed by atoms with Gasteiger partial charge in [-0.2, -0.15) is 0 Å². The highest BCUT2D eigenvalue weighted by molar-refractivity contribution is 5.96. The molecule has 1 unspecified atom stereocenters. The second-order valence-corrected chi connectivity index (χ2v) is 9.56. The van der Waals surface area contributed by atoms with E-state index in [1.165, 1.54) is 16.7 Å². The minimum atomic E-state index is 0.0678. The van der Waals surface area contributed by atoms with Crippen LogP contribution in [0.4, 0.5) is 5.69 Å². The van der Waals surface area contributed by atoms with Crippen molar-refractivity contribution in [1.29, 1.82) is 0 Å². The number of carbonyl (C=O) groups is 1. The van der Waals surface area contributed by atoms with Crippen molar-refractivity contribution < 1.29 is 9.53 Å². The van der Waals surface area contributed by atoms with Crippen molar-refractivity contribution in [3.8, 4) is 5.75 Å². The quantitative estimate of drug-likeness (QED) is 0.290. The van der Waals surface area contributed by atoms with E-state index >= 15 is 0 Å². The van der Waals surface area contributed by atoms with Gasteiger partial charge in [-0.25, -0.2) is 4.98 Å². The number of amides is 1. The number of rotatable bonds is 8. The lowest BCUT2D eigenvalue weighted by atomic mass is 10.1. The number of carbonyl (C=O) groups excluding carboxylic acids is 1. The Morgan fingerprint density at radius 3 is 2.49 bits per heavy atom. The Bertz CT molecular complexity index is 1320. The van der Waals surface area contributed by atoms with E-state index in [4.69, 9.17) is 9.72 Å².